The maximum Gasteiger partial charge on any atom is 0.283 e. The number of rotatable bonds is 11. The minimum Gasteiger partial charge on any atom is -0.305 e. The lowest BCUT2D eigenvalue weighted by atomic mass is 10.4. The van der Waals surface area contributed by atoms with Gasteiger partial charge in [-0.1, -0.05) is 21.6 Å². The Morgan fingerprint density at radius 1 is 0.773 bits per heavy atom. The van der Waals surface area contributed by atoms with E-state index in [1.807, 2.05) is 27.7 Å². The normalized spacial score (nSPS) is 11.4. The number of unbranched alkanes of at least 4 members (excludes halogenated alkanes) is 1. The zero-order valence-corrected chi connectivity index (χ0v) is 18.0. The number of carbonyl (C=O) groups excluding carboxylic acids is 2. The first-order chi connectivity index (χ1) is 10.4. The van der Waals surface area contributed by atoms with E-state index in [-0.39, 0.29) is 21.1 Å². The van der Waals surface area contributed by atoms with Crippen LogP contribution in [-0.4, -0.2) is 32.6 Å². The molecular formula is C12H22O4S6. The second-order valence-corrected chi connectivity index (χ2v) is 11.2. The second-order valence-electron chi connectivity index (χ2n) is 4.47. The first kappa shape index (κ1) is 23.4. The van der Waals surface area contributed by atoms with Gasteiger partial charge in [-0.3, -0.25) is 9.59 Å². The largest absolute Gasteiger partial charge is 0.305 e. The van der Waals surface area contributed by atoms with Crippen LogP contribution in [-0.2, 0) is 8.37 Å². The zero-order valence-electron chi connectivity index (χ0n) is 13.1. The maximum atomic E-state index is 11.4. The molecule has 0 atom stereocenters. The topological polar surface area (TPSA) is 52.6 Å². The lowest BCUT2D eigenvalue weighted by Gasteiger charge is -2.04. The Morgan fingerprint density at radius 2 is 1.14 bits per heavy atom. The van der Waals surface area contributed by atoms with Gasteiger partial charge in [-0.25, -0.2) is 0 Å². The summed E-state index contributed by atoms with van der Waals surface area (Å²) in [6, 6.07) is 0. The van der Waals surface area contributed by atoms with Crippen LogP contribution in [0.3, 0.4) is 0 Å². The molecule has 0 unspecified atom stereocenters. The van der Waals surface area contributed by atoms with E-state index in [2.05, 4.69) is 0 Å². The first-order valence-corrected chi connectivity index (χ1v) is 12.9. The third-order valence-electron chi connectivity index (χ3n) is 1.58. The molecule has 0 spiro atoms. The van der Waals surface area contributed by atoms with Crippen LogP contribution in [0.5, 0.6) is 0 Å². The van der Waals surface area contributed by atoms with Gasteiger partial charge in [0, 0.05) is 11.5 Å². The van der Waals surface area contributed by atoms with Crippen molar-refractivity contribution in [1.82, 2.24) is 0 Å². The van der Waals surface area contributed by atoms with Gasteiger partial charge in [-0.2, -0.15) is 0 Å². The van der Waals surface area contributed by atoms with Gasteiger partial charge in [0.15, 0.2) is 0 Å². The molecule has 0 rings (SSSR count). The van der Waals surface area contributed by atoms with Gasteiger partial charge in [0.1, 0.15) is 0 Å². The molecule has 0 bridgehead atoms. The average molecular weight is 423 g/mol. The first-order valence-electron chi connectivity index (χ1n) is 6.75. The van der Waals surface area contributed by atoms with Crippen LogP contribution in [0.15, 0.2) is 0 Å². The van der Waals surface area contributed by atoms with Gasteiger partial charge >= 0.3 is 0 Å². The molecule has 0 aliphatic carbocycles. The Labute approximate surface area is 157 Å². The fourth-order valence-corrected chi connectivity index (χ4v) is 5.95. The summed E-state index contributed by atoms with van der Waals surface area (Å²) in [4.78, 5) is 22.8. The third kappa shape index (κ3) is 17.7. The summed E-state index contributed by atoms with van der Waals surface area (Å²) < 4.78 is 10.3. The van der Waals surface area contributed by atoms with Crippen molar-refractivity contribution in [3.05, 3.63) is 0 Å². The summed E-state index contributed by atoms with van der Waals surface area (Å²) in [6.45, 7) is 7.58. The highest BCUT2D eigenvalue weighted by atomic mass is 33.1. The molecule has 4 nitrogen and oxygen atoms in total. The summed E-state index contributed by atoms with van der Waals surface area (Å²) >= 11 is 1.82. The lowest BCUT2D eigenvalue weighted by Crippen LogP contribution is -1.96. The average Bonchev–Trinajstić information content (AvgIpc) is 2.45. The van der Waals surface area contributed by atoms with Crippen LogP contribution in [0.4, 0.5) is 9.59 Å². The Bertz CT molecular complexity index is 284. The molecule has 0 aromatic carbocycles. The summed E-state index contributed by atoms with van der Waals surface area (Å²) in [5, 5.41) is 0. The Hall–Kier alpha value is 1.36. The molecule has 0 heterocycles. The molecule has 0 saturated carbocycles. The molecule has 10 heteroatoms. The molecule has 22 heavy (non-hydrogen) atoms. The highest BCUT2D eigenvalue weighted by Gasteiger charge is 2.08. The number of hydrogen-bond donors (Lipinski definition) is 0. The molecule has 0 saturated heterocycles. The maximum absolute atomic E-state index is 11.4. The van der Waals surface area contributed by atoms with Gasteiger partial charge in [0.25, 0.3) is 8.89 Å². The van der Waals surface area contributed by atoms with Crippen molar-refractivity contribution < 1.29 is 18.0 Å². The summed E-state index contributed by atoms with van der Waals surface area (Å²) in [5.41, 5.74) is 0. The van der Waals surface area contributed by atoms with Crippen LogP contribution in [0.25, 0.3) is 0 Å². The summed E-state index contributed by atoms with van der Waals surface area (Å²) in [7, 11) is 5.55. The smallest absolute Gasteiger partial charge is 0.283 e. The van der Waals surface area contributed by atoms with Crippen molar-refractivity contribution in [2.75, 3.05) is 11.5 Å². The van der Waals surface area contributed by atoms with Gasteiger partial charge in [-0.05, 0) is 62.1 Å². The predicted molar refractivity (Wildman–Crippen MR) is 108 cm³/mol. The molecular weight excluding hydrogens is 401 g/mol. The van der Waals surface area contributed by atoms with Crippen LogP contribution in [0.2, 0.25) is 0 Å². The van der Waals surface area contributed by atoms with Crippen molar-refractivity contribution in [3.63, 3.8) is 0 Å². The molecule has 0 aliphatic heterocycles. The van der Waals surface area contributed by atoms with Gasteiger partial charge in [0.05, 0.1) is 36.3 Å². The minimum absolute atomic E-state index is 0.0172. The number of hydrogen-bond acceptors (Lipinski definition) is 10. The standard InChI is InChI=1S/C12H22O4S6/c1-9(2)15-19-11(13)21-17-7-5-6-8-18-22-12(14)20-16-10(3)4/h9-10H,5-8H2,1-4H3. The monoisotopic (exact) mass is 422 g/mol. The van der Waals surface area contributed by atoms with E-state index in [0.29, 0.717) is 0 Å². The van der Waals surface area contributed by atoms with E-state index in [4.69, 9.17) is 8.37 Å². The van der Waals surface area contributed by atoms with Crippen molar-refractivity contribution >= 4 is 76.2 Å². The van der Waals surface area contributed by atoms with Gasteiger partial charge < -0.3 is 8.37 Å². The highest BCUT2D eigenvalue weighted by Crippen LogP contribution is 2.32. The van der Waals surface area contributed by atoms with Crippen molar-refractivity contribution in [2.24, 2.45) is 0 Å². The molecule has 0 fully saturated rings. The summed E-state index contributed by atoms with van der Waals surface area (Å²) in [6.07, 6.45) is 2.16. The van der Waals surface area contributed by atoms with E-state index in [0.717, 1.165) is 48.4 Å². The predicted octanol–water partition coefficient (Wildman–Crippen LogP) is 6.92. The number of carbonyl (C=O) groups is 2. The van der Waals surface area contributed by atoms with Gasteiger partial charge in [0.2, 0.25) is 0 Å². The van der Waals surface area contributed by atoms with E-state index in [1.54, 1.807) is 21.6 Å². The Morgan fingerprint density at radius 3 is 1.45 bits per heavy atom. The molecule has 0 aliphatic rings. The molecule has 130 valence electrons. The minimum atomic E-state index is -0.0172. The zero-order chi connectivity index (χ0) is 16.8. The van der Waals surface area contributed by atoms with Crippen LogP contribution < -0.4 is 0 Å². The fourth-order valence-electron chi connectivity index (χ4n) is 0.800. The van der Waals surface area contributed by atoms with E-state index >= 15 is 0 Å². The van der Waals surface area contributed by atoms with E-state index < -0.39 is 0 Å². The van der Waals surface area contributed by atoms with Crippen molar-refractivity contribution in [2.45, 2.75) is 52.7 Å². The molecule has 0 aromatic heterocycles. The fraction of sp³-hybridized carbons (Fsp3) is 0.833. The molecule has 0 radical (unpaired) electrons. The second kappa shape index (κ2) is 15.9. The van der Waals surface area contributed by atoms with Crippen LogP contribution in [0.1, 0.15) is 40.5 Å². The Balaban J connectivity index is 3.30. The third-order valence-corrected chi connectivity index (χ3v) is 8.39. The molecule has 0 amide bonds. The molecule has 0 aromatic rings. The van der Waals surface area contributed by atoms with Crippen molar-refractivity contribution in [3.8, 4) is 0 Å². The van der Waals surface area contributed by atoms with Gasteiger partial charge in [-0.15, -0.1) is 0 Å². The quantitative estimate of drug-likeness (QED) is 0.199. The lowest BCUT2D eigenvalue weighted by molar-refractivity contribution is 0.266. The summed E-state index contributed by atoms with van der Waals surface area (Å²) in [5.74, 6) is 1.84. The van der Waals surface area contributed by atoms with E-state index in [9.17, 15) is 9.59 Å². The molecule has 0 N–H and O–H groups in total. The SMILES string of the molecule is CC(C)OSC(=O)SSCCCCSSC(=O)SOC(C)C. The van der Waals surface area contributed by atoms with E-state index in [1.165, 1.54) is 21.6 Å². The van der Waals surface area contributed by atoms with Crippen molar-refractivity contribution in [1.29, 1.82) is 0 Å². The van der Waals surface area contributed by atoms with Crippen LogP contribution in [0, 0.1) is 0 Å². The van der Waals surface area contributed by atoms with Crippen LogP contribution >= 0.6 is 67.3 Å². The Kier molecular flexibility index (Phi) is 16.8. The highest BCUT2D eigenvalue weighted by molar-refractivity contribution is 8.86.